The minimum Gasteiger partial charge on any atom is -0.390 e. The van der Waals surface area contributed by atoms with E-state index in [0.29, 0.717) is 17.8 Å². The number of benzene rings is 2. The molecule has 0 radical (unpaired) electrons. The molecule has 1 aromatic heterocycles. The zero-order chi connectivity index (χ0) is 26.1. The molecule has 0 aliphatic carbocycles. The summed E-state index contributed by atoms with van der Waals surface area (Å²) in [5.74, 6) is -2.09. The van der Waals surface area contributed by atoms with Crippen LogP contribution in [0.2, 0.25) is 0 Å². The van der Waals surface area contributed by atoms with Crippen molar-refractivity contribution in [2.24, 2.45) is 0 Å². The molecular formula is C28H33F2N3O3. The highest BCUT2D eigenvalue weighted by molar-refractivity contribution is 5.96. The average Bonchev–Trinajstić information content (AvgIpc) is 3.28. The average molecular weight is 498 g/mol. The summed E-state index contributed by atoms with van der Waals surface area (Å²) >= 11 is 0. The Bertz CT molecular complexity index is 1160. The van der Waals surface area contributed by atoms with Crippen LogP contribution in [-0.2, 0) is 24.2 Å². The number of aromatic amines is 1. The van der Waals surface area contributed by atoms with E-state index in [1.807, 2.05) is 25.1 Å². The van der Waals surface area contributed by atoms with Crippen LogP contribution in [0.3, 0.4) is 0 Å². The molecule has 3 aromatic rings. The van der Waals surface area contributed by atoms with Gasteiger partial charge in [-0.05, 0) is 60.7 Å². The van der Waals surface area contributed by atoms with Crippen molar-refractivity contribution in [1.82, 2.24) is 15.6 Å². The van der Waals surface area contributed by atoms with Crippen LogP contribution in [-0.4, -0.2) is 40.5 Å². The first kappa shape index (κ1) is 27.2. The van der Waals surface area contributed by atoms with Crippen molar-refractivity contribution in [3.63, 3.8) is 0 Å². The van der Waals surface area contributed by atoms with E-state index in [0.717, 1.165) is 23.7 Å². The third-order valence-corrected chi connectivity index (χ3v) is 5.98. The number of amides is 1. The fourth-order valence-corrected chi connectivity index (χ4v) is 4.04. The first-order valence-corrected chi connectivity index (χ1v) is 12.1. The van der Waals surface area contributed by atoms with Crippen molar-refractivity contribution in [3.8, 4) is 0 Å². The van der Waals surface area contributed by atoms with Gasteiger partial charge in [-0.3, -0.25) is 9.59 Å². The van der Waals surface area contributed by atoms with Gasteiger partial charge in [0.25, 0.3) is 0 Å². The molecule has 2 atom stereocenters. The number of aliphatic hydroxyl groups is 1. The van der Waals surface area contributed by atoms with E-state index in [-0.39, 0.29) is 31.6 Å². The lowest BCUT2D eigenvalue weighted by Crippen LogP contribution is -2.48. The molecular weight excluding hydrogens is 464 g/mol. The molecule has 0 spiro atoms. The van der Waals surface area contributed by atoms with Crippen LogP contribution in [0.5, 0.6) is 0 Å². The zero-order valence-electron chi connectivity index (χ0n) is 20.6. The zero-order valence-corrected chi connectivity index (χ0v) is 20.6. The molecule has 0 saturated heterocycles. The SMILES string of the molecule is CCc1cccc(CNC[C@H](O)[C@H](Cc2cc(F)cc(F)c2)NC(=O)CCC(=O)c2ccc(C)[nH]2)c1. The number of aryl methyl sites for hydroxylation is 2. The van der Waals surface area contributed by atoms with Crippen molar-refractivity contribution in [1.29, 1.82) is 0 Å². The van der Waals surface area contributed by atoms with Gasteiger partial charge in [-0.1, -0.05) is 31.2 Å². The molecule has 3 rings (SSSR count). The van der Waals surface area contributed by atoms with Gasteiger partial charge in [0.05, 0.1) is 17.8 Å². The van der Waals surface area contributed by atoms with E-state index in [1.54, 1.807) is 12.1 Å². The van der Waals surface area contributed by atoms with Crippen molar-refractivity contribution < 1.29 is 23.5 Å². The van der Waals surface area contributed by atoms with E-state index in [9.17, 15) is 23.5 Å². The van der Waals surface area contributed by atoms with Crippen LogP contribution in [0.25, 0.3) is 0 Å². The summed E-state index contributed by atoms with van der Waals surface area (Å²) in [6.07, 6.45) is -0.167. The second-order valence-electron chi connectivity index (χ2n) is 9.01. The Morgan fingerprint density at radius 1 is 0.972 bits per heavy atom. The number of aliphatic hydroxyl groups excluding tert-OH is 1. The van der Waals surface area contributed by atoms with Crippen LogP contribution in [0.15, 0.2) is 54.6 Å². The van der Waals surface area contributed by atoms with Crippen molar-refractivity contribution in [2.75, 3.05) is 6.54 Å². The third-order valence-electron chi connectivity index (χ3n) is 5.98. The molecule has 4 N–H and O–H groups in total. The smallest absolute Gasteiger partial charge is 0.220 e. The molecule has 0 aliphatic heterocycles. The topological polar surface area (TPSA) is 94.2 Å². The van der Waals surface area contributed by atoms with Crippen molar-refractivity contribution >= 4 is 11.7 Å². The number of carbonyl (C=O) groups is 2. The van der Waals surface area contributed by atoms with Crippen LogP contribution >= 0.6 is 0 Å². The highest BCUT2D eigenvalue weighted by Gasteiger charge is 2.23. The van der Waals surface area contributed by atoms with Gasteiger partial charge >= 0.3 is 0 Å². The monoisotopic (exact) mass is 497 g/mol. The van der Waals surface area contributed by atoms with E-state index < -0.39 is 29.7 Å². The summed E-state index contributed by atoms with van der Waals surface area (Å²) in [5, 5.41) is 16.8. The quantitative estimate of drug-likeness (QED) is 0.269. The molecule has 0 bridgehead atoms. The summed E-state index contributed by atoms with van der Waals surface area (Å²) in [6, 6.07) is 13.8. The fourth-order valence-electron chi connectivity index (χ4n) is 4.04. The Morgan fingerprint density at radius 3 is 2.36 bits per heavy atom. The molecule has 36 heavy (non-hydrogen) atoms. The van der Waals surface area contributed by atoms with Gasteiger partial charge in [-0.25, -0.2) is 8.78 Å². The second kappa shape index (κ2) is 13.1. The van der Waals surface area contributed by atoms with Crippen molar-refractivity contribution in [3.05, 3.63) is 94.3 Å². The number of halogens is 2. The molecule has 0 aliphatic rings. The van der Waals surface area contributed by atoms with E-state index >= 15 is 0 Å². The van der Waals surface area contributed by atoms with Gasteiger partial charge in [0.15, 0.2) is 5.78 Å². The van der Waals surface area contributed by atoms with E-state index in [4.69, 9.17) is 0 Å². The minimum atomic E-state index is -1.03. The number of carbonyl (C=O) groups excluding carboxylic acids is 2. The molecule has 2 aromatic carbocycles. The Kier molecular flexibility index (Phi) is 9.90. The lowest BCUT2D eigenvalue weighted by Gasteiger charge is -2.25. The second-order valence-corrected chi connectivity index (χ2v) is 9.01. The molecule has 0 unspecified atom stereocenters. The predicted molar refractivity (Wildman–Crippen MR) is 135 cm³/mol. The lowest BCUT2D eigenvalue weighted by atomic mass is 10.00. The standard InChI is InChI=1S/C28H33F2N3O3/c1-3-19-5-4-6-20(11-19)16-31-17-27(35)25(14-21-12-22(29)15-23(30)13-21)33-28(36)10-9-26(34)24-8-7-18(2)32-24/h4-8,11-13,15,25,27,31-32,35H,3,9-10,14,16-17H2,1-2H3,(H,33,36)/t25-,27-/m0/s1. The maximum absolute atomic E-state index is 13.7. The fraction of sp³-hybridized carbons (Fsp3) is 0.357. The first-order valence-electron chi connectivity index (χ1n) is 12.1. The van der Waals surface area contributed by atoms with E-state index in [1.165, 1.54) is 17.7 Å². The van der Waals surface area contributed by atoms with Crippen molar-refractivity contribution in [2.45, 2.75) is 58.2 Å². The van der Waals surface area contributed by atoms with Crippen LogP contribution in [0, 0.1) is 18.6 Å². The molecule has 0 saturated carbocycles. The number of rotatable bonds is 13. The summed E-state index contributed by atoms with van der Waals surface area (Å²) < 4.78 is 27.4. The van der Waals surface area contributed by atoms with Crippen LogP contribution < -0.4 is 10.6 Å². The predicted octanol–water partition coefficient (Wildman–Crippen LogP) is 4.00. The number of hydrogen-bond donors (Lipinski definition) is 4. The summed E-state index contributed by atoms with van der Waals surface area (Å²) in [7, 11) is 0. The number of nitrogens with one attached hydrogen (secondary N) is 3. The number of H-pyrrole nitrogens is 1. The first-order chi connectivity index (χ1) is 17.2. The third kappa shape index (κ3) is 8.39. The summed E-state index contributed by atoms with van der Waals surface area (Å²) in [5.41, 5.74) is 3.86. The minimum absolute atomic E-state index is 0.00475. The molecule has 0 fully saturated rings. The van der Waals surface area contributed by atoms with Crippen LogP contribution in [0.1, 0.15) is 52.6 Å². The van der Waals surface area contributed by atoms with Gasteiger partial charge in [0, 0.05) is 37.7 Å². The number of aromatic nitrogens is 1. The maximum Gasteiger partial charge on any atom is 0.220 e. The Hall–Kier alpha value is -3.36. The summed E-state index contributed by atoms with van der Waals surface area (Å²) in [6.45, 7) is 4.58. The maximum atomic E-state index is 13.7. The number of ketones is 1. The van der Waals surface area contributed by atoms with Gasteiger partial charge in [-0.2, -0.15) is 0 Å². The summed E-state index contributed by atoms with van der Waals surface area (Å²) in [4.78, 5) is 27.9. The normalized spacial score (nSPS) is 12.8. The highest BCUT2D eigenvalue weighted by atomic mass is 19.1. The number of Topliss-reactive ketones (excluding diaryl/α,β-unsaturated/α-hetero) is 1. The number of hydrogen-bond acceptors (Lipinski definition) is 4. The molecule has 1 heterocycles. The van der Waals surface area contributed by atoms with Gasteiger partial charge in [-0.15, -0.1) is 0 Å². The van der Waals surface area contributed by atoms with Gasteiger partial charge < -0.3 is 20.7 Å². The molecule has 1 amide bonds. The Labute approximate surface area is 210 Å². The van der Waals surface area contributed by atoms with Crippen LogP contribution in [0.4, 0.5) is 8.78 Å². The molecule has 6 nitrogen and oxygen atoms in total. The Balaban J connectivity index is 1.61. The highest BCUT2D eigenvalue weighted by Crippen LogP contribution is 2.13. The molecule has 192 valence electrons. The van der Waals surface area contributed by atoms with Gasteiger partial charge in [0.2, 0.25) is 5.91 Å². The lowest BCUT2D eigenvalue weighted by molar-refractivity contribution is -0.122. The van der Waals surface area contributed by atoms with E-state index in [2.05, 4.69) is 28.6 Å². The largest absolute Gasteiger partial charge is 0.390 e. The molecule has 8 heteroatoms. The Morgan fingerprint density at radius 2 is 1.69 bits per heavy atom. The van der Waals surface area contributed by atoms with Gasteiger partial charge in [0.1, 0.15) is 11.6 Å².